The molecule has 1 aromatic rings. The van der Waals surface area contributed by atoms with E-state index in [1.807, 2.05) is 0 Å². The molecule has 0 aliphatic carbocycles. The Morgan fingerprint density at radius 3 is 2.32 bits per heavy atom. The van der Waals surface area contributed by atoms with Crippen LogP contribution in [-0.4, -0.2) is 24.4 Å². The van der Waals surface area contributed by atoms with E-state index in [1.54, 1.807) is 30.3 Å². The van der Waals surface area contributed by atoms with Gasteiger partial charge in [-0.1, -0.05) is 30.3 Å². The van der Waals surface area contributed by atoms with Gasteiger partial charge >= 0.3 is 12.3 Å². The Hall–Kier alpha value is -1.76. The third-order valence-electron chi connectivity index (χ3n) is 2.49. The van der Waals surface area contributed by atoms with Crippen molar-refractivity contribution in [2.75, 3.05) is 0 Å². The molecule has 0 aromatic heterocycles. The molecular formula is C12H15F3N2O2. The lowest BCUT2D eigenvalue weighted by Crippen LogP contribution is -2.43. The molecule has 0 fully saturated rings. The van der Waals surface area contributed by atoms with E-state index in [-0.39, 0.29) is 6.42 Å². The maximum atomic E-state index is 12.4. The summed E-state index contributed by atoms with van der Waals surface area (Å²) in [4.78, 5) is 10.6. The van der Waals surface area contributed by atoms with Gasteiger partial charge in [0, 0.05) is 6.04 Å². The highest BCUT2D eigenvalue weighted by atomic mass is 19.4. The predicted octanol–water partition coefficient (Wildman–Crippen LogP) is 1.97. The molecular weight excluding hydrogens is 261 g/mol. The Bertz CT molecular complexity index is 409. The van der Waals surface area contributed by atoms with Crippen LogP contribution in [0.4, 0.5) is 18.0 Å². The zero-order valence-electron chi connectivity index (χ0n) is 10.1. The number of rotatable bonds is 5. The Morgan fingerprint density at radius 2 is 1.84 bits per heavy atom. The Balaban J connectivity index is 2.70. The van der Waals surface area contributed by atoms with Gasteiger partial charge in [-0.2, -0.15) is 13.2 Å². The van der Waals surface area contributed by atoms with E-state index in [4.69, 9.17) is 11.5 Å². The molecule has 0 aliphatic rings. The Labute approximate surface area is 108 Å². The maximum absolute atomic E-state index is 12.4. The largest absolute Gasteiger partial charge is 0.444 e. The highest BCUT2D eigenvalue weighted by Crippen LogP contribution is 2.25. The van der Waals surface area contributed by atoms with Crippen molar-refractivity contribution in [3.05, 3.63) is 35.9 Å². The van der Waals surface area contributed by atoms with Crippen LogP contribution in [-0.2, 0) is 11.2 Å². The summed E-state index contributed by atoms with van der Waals surface area (Å²) in [5.41, 5.74) is 11.2. The molecule has 2 atom stereocenters. The van der Waals surface area contributed by atoms with Crippen molar-refractivity contribution in [1.82, 2.24) is 0 Å². The van der Waals surface area contributed by atoms with Crippen LogP contribution in [0, 0.1) is 0 Å². The number of hydrogen-bond acceptors (Lipinski definition) is 3. The molecule has 1 aromatic carbocycles. The van der Waals surface area contributed by atoms with Crippen molar-refractivity contribution < 1.29 is 22.7 Å². The van der Waals surface area contributed by atoms with E-state index in [0.717, 1.165) is 5.56 Å². The van der Waals surface area contributed by atoms with E-state index >= 15 is 0 Å². The summed E-state index contributed by atoms with van der Waals surface area (Å²) in [5, 5.41) is 0. The predicted molar refractivity (Wildman–Crippen MR) is 63.2 cm³/mol. The minimum Gasteiger partial charge on any atom is -0.444 e. The monoisotopic (exact) mass is 276 g/mol. The molecule has 7 heteroatoms. The fourth-order valence-corrected chi connectivity index (χ4v) is 1.68. The number of alkyl halides is 3. The second kappa shape index (κ2) is 6.42. The molecule has 0 saturated carbocycles. The van der Waals surface area contributed by atoms with Gasteiger partial charge in [-0.05, 0) is 12.0 Å². The molecule has 0 heterocycles. The lowest BCUT2D eigenvalue weighted by Gasteiger charge is -2.24. The molecule has 0 bridgehead atoms. The lowest BCUT2D eigenvalue weighted by atomic mass is 10.00. The summed E-state index contributed by atoms with van der Waals surface area (Å²) in [7, 11) is 0. The van der Waals surface area contributed by atoms with Gasteiger partial charge in [0.1, 0.15) is 6.10 Å². The fourth-order valence-electron chi connectivity index (χ4n) is 1.68. The van der Waals surface area contributed by atoms with Gasteiger partial charge < -0.3 is 16.2 Å². The fraction of sp³-hybridized carbons (Fsp3) is 0.417. The summed E-state index contributed by atoms with van der Waals surface area (Å²) in [6.07, 6.45) is -8.39. The van der Waals surface area contributed by atoms with Gasteiger partial charge in [0.05, 0.1) is 6.42 Å². The van der Waals surface area contributed by atoms with Crippen LogP contribution in [0.2, 0.25) is 0 Å². The van der Waals surface area contributed by atoms with Gasteiger partial charge in [-0.3, -0.25) is 0 Å². The first-order valence-electron chi connectivity index (χ1n) is 5.60. The number of primary amides is 1. The zero-order chi connectivity index (χ0) is 14.5. The molecule has 0 radical (unpaired) electrons. The second-order valence-electron chi connectivity index (χ2n) is 4.15. The average molecular weight is 276 g/mol. The number of amides is 1. The minimum absolute atomic E-state index is 0.162. The van der Waals surface area contributed by atoms with Crippen LogP contribution in [0.1, 0.15) is 12.0 Å². The van der Waals surface area contributed by atoms with Crippen molar-refractivity contribution in [2.45, 2.75) is 31.2 Å². The van der Waals surface area contributed by atoms with E-state index in [9.17, 15) is 18.0 Å². The van der Waals surface area contributed by atoms with Gasteiger partial charge in [0.15, 0.2) is 0 Å². The zero-order valence-corrected chi connectivity index (χ0v) is 10.1. The number of carbonyl (C=O) groups is 1. The van der Waals surface area contributed by atoms with Crippen molar-refractivity contribution in [3.63, 3.8) is 0 Å². The average Bonchev–Trinajstić information content (AvgIpc) is 2.27. The van der Waals surface area contributed by atoms with Crippen LogP contribution < -0.4 is 11.5 Å². The number of carbonyl (C=O) groups excluding carboxylic acids is 1. The summed E-state index contributed by atoms with van der Waals surface area (Å²) < 4.78 is 41.6. The van der Waals surface area contributed by atoms with E-state index < -0.39 is 30.8 Å². The molecule has 0 aliphatic heterocycles. The number of ether oxygens (including phenoxy) is 1. The number of halogens is 3. The molecule has 1 amide bonds. The minimum atomic E-state index is -4.48. The third kappa shape index (κ3) is 6.10. The lowest BCUT2D eigenvalue weighted by molar-refractivity contribution is -0.155. The summed E-state index contributed by atoms with van der Waals surface area (Å²) in [6.45, 7) is 0. The first-order valence-corrected chi connectivity index (χ1v) is 5.60. The highest BCUT2D eigenvalue weighted by Gasteiger charge is 2.36. The van der Waals surface area contributed by atoms with E-state index in [1.165, 1.54) is 0 Å². The maximum Gasteiger partial charge on any atom is 0.404 e. The molecule has 0 saturated heterocycles. The van der Waals surface area contributed by atoms with Gasteiger partial charge in [0.2, 0.25) is 0 Å². The van der Waals surface area contributed by atoms with Crippen LogP contribution in [0.5, 0.6) is 0 Å². The molecule has 106 valence electrons. The van der Waals surface area contributed by atoms with Gasteiger partial charge in [-0.15, -0.1) is 0 Å². The standard InChI is InChI=1S/C12H15F3N2O2/c13-12(14,15)7-10(19-11(17)18)9(16)6-8-4-2-1-3-5-8/h1-5,9-10H,6-7,16H2,(H2,17,18). The number of benzene rings is 1. The third-order valence-corrected chi connectivity index (χ3v) is 2.49. The van der Waals surface area contributed by atoms with E-state index in [2.05, 4.69) is 4.74 Å². The van der Waals surface area contributed by atoms with Crippen molar-refractivity contribution in [1.29, 1.82) is 0 Å². The summed E-state index contributed by atoms with van der Waals surface area (Å²) >= 11 is 0. The molecule has 0 spiro atoms. The first kappa shape index (κ1) is 15.3. The Morgan fingerprint density at radius 1 is 1.26 bits per heavy atom. The molecule has 4 nitrogen and oxygen atoms in total. The first-order chi connectivity index (χ1) is 8.78. The second-order valence-corrected chi connectivity index (χ2v) is 4.15. The van der Waals surface area contributed by atoms with Crippen LogP contribution >= 0.6 is 0 Å². The van der Waals surface area contributed by atoms with Crippen molar-refractivity contribution >= 4 is 6.09 Å². The van der Waals surface area contributed by atoms with Crippen molar-refractivity contribution in [3.8, 4) is 0 Å². The van der Waals surface area contributed by atoms with Crippen LogP contribution in [0.3, 0.4) is 0 Å². The molecule has 4 N–H and O–H groups in total. The van der Waals surface area contributed by atoms with Crippen molar-refractivity contribution in [2.24, 2.45) is 11.5 Å². The topological polar surface area (TPSA) is 78.3 Å². The van der Waals surface area contributed by atoms with Gasteiger partial charge in [0.25, 0.3) is 0 Å². The highest BCUT2D eigenvalue weighted by molar-refractivity contribution is 5.64. The molecule has 2 unspecified atom stereocenters. The SMILES string of the molecule is NC(=O)OC(CC(F)(F)F)C(N)Cc1ccccc1. The molecule has 19 heavy (non-hydrogen) atoms. The molecule has 1 rings (SSSR count). The quantitative estimate of drug-likeness (QED) is 0.863. The number of nitrogens with two attached hydrogens (primary N) is 2. The summed E-state index contributed by atoms with van der Waals surface area (Å²) in [6, 6.07) is 7.76. The normalized spacial score (nSPS) is 14.7. The van der Waals surface area contributed by atoms with Gasteiger partial charge in [-0.25, -0.2) is 4.79 Å². The van der Waals surface area contributed by atoms with Crippen LogP contribution in [0.25, 0.3) is 0 Å². The van der Waals surface area contributed by atoms with E-state index in [0.29, 0.717) is 0 Å². The summed E-state index contributed by atoms with van der Waals surface area (Å²) in [5.74, 6) is 0. The van der Waals surface area contributed by atoms with Crippen LogP contribution in [0.15, 0.2) is 30.3 Å². The smallest absolute Gasteiger partial charge is 0.404 e. The number of hydrogen-bond donors (Lipinski definition) is 2. The Kier molecular flexibility index (Phi) is 5.17.